The van der Waals surface area contributed by atoms with Gasteiger partial charge >= 0.3 is 0 Å². The number of hydrogen-bond donors (Lipinski definition) is 0. The van der Waals surface area contributed by atoms with E-state index >= 15 is 0 Å². The molecule has 3 heteroatoms. The second kappa shape index (κ2) is 7.83. The van der Waals surface area contributed by atoms with Crippen LogP contribution in [0.3, 0.4) is 0 Å². The van der Waals surface area contributed by atoms with Crippen LogP contribution in [-0.2, 0) is 6.61 Å². The molecule has 2 rings (SSSR count). The van der Waals surface area contributed by atoms with Crippen molar-refractivity contribution in [1.29, 1.82) is 0 Å². The Morgan fingerprint density at radius 2 is 1.68 bits per heavy atom. The Labute approximate surface area is 133 Å². The summed E-state index contributed by atoms with van der Waals surface area (Å²) in [5.41, 5.74) is 4.20. The second-order valence-corrected chi connectivity index (χ2v) is 5.56. The van der Waals surface area contributed by atoms with Crippen LogP contribution in [0.15, 0.2) is 30.3 Å². The Morgan fingerprint density at radius 3 is 2.36 bits per heavy atom. The highest BCUT2D eigenvalue weighted by molar-refractivity contribution is 5.46. The number of unbranched alkanes of at least 4 members (excludes halogenated alkanes) is 1. The highest BCUT2D eigenvalue weighted by Gasteiger charge is 2.14. The van der Waals surface area contributed by atoms with Gasteiger partial charge < -0.3 is 9.47 Å². The van der Waals surface area contributed by atoms with Crippen molar-refractivity contribution in [3.63, 3.8) is 0 Å². The SMILES string of the molecule is CCCCOc1nc(C)c(OCc2ccccc2)c(C)c1C. The maximum atomic E-state index is 6.00. The third-order valence-electron chi connectivity index (χ3n) is 3.78. The van der Waals surface area contributed by atoms with E-state index in [1.807, 2.05) is 32.0 Å². The molecule has 0 saturated carbocycles. The van der Waals surface area contributed by atoms with Crippen LogP contribution in [0.1, 0.15) is 42.1 Å². The highest BCUT2D eigenvalue weighted by atomic mass is 16.5. The first kappa shape index (κ1) is 16.3. The monoisotopic (exact) mass is 299 g/mol. The molecule has 0 radical (unpaired) electrons. The van der Waals surface area contributed by atoms with E-state index in [-0.39, 0.29) is 0 Å². The lowest BCUT2D eigenvalue weighted by atomic mass is 10.1. The predicted molar refractivity (Wildman–Crippen MR) is 89.6 cm³/mol. The smallest absolute Gasteiger partial charge is 0.216 e. The Kier molecular flexibility index (Phi) is 5.82. The molecule has 0 aliphatic heterocycles. The van der Waals surface area contributed by atoms with Crippen molar-refractivity contribution in [3.05, 3.63) is 52.7 Å². The van der Waals surface area contributed by atoms with Gasteiger partial charge in [-0.3, -0.25) is 0 Å². The zero-order valence-electron chi connectivity index (χ0n) is 14.0. The molecular formula is C19H25NO2. The van der Waals surface area contributed by atoms with Crippen LogP contribution in [-0.4, -0.2) is 11.6 Å². The van der Waals surface area contributed by atoms with Gasteiger partial charge in [0.2, 0.25) is 5.88 Å². The van der Waals surface area contributed by atoms with Crippen LogP contribution >= 0.6 is 0 Å². The summed E-state index contributed by atoms with van der Waals surface area (Å²) in [7, 11) is 0. The standard InChI is InChI=1S/C19H25NO2/c1-5-6-12-21-19-15(3)14(2)18(16(4)20-19)22-13-17-10-8-7-9-11-17/h7-11H,5-6,12-13H2,1-4H3. The highest BCUT2D eigenvalue weighted by Crippen LogP contribution is 2.30. The van der Waals surface area contributed by atoms with Gasteiger partial charge in [0.25, 0.3) is 0 Å². The molecule has 2 aromatic rings. The molecule has 0 fully saturated rings. The second-order valence-electron chi connectivity index (χ2n) is 5.56. The van der Waals surface area contributed by atoms with E-state index in [2.05, 4.69) is 31.0 Å². The maximum absolute atomic E-state index is 6.00. The molecule has 0 amide bonds. The minimum Gasteiger partial charge on any atom is -0.487 e. The quantitative estimate of drug-likeness (QED) is 0.690. The van der Waals surface area contributed by atoms with Crippen molar-refractivity contribution in [2.45, 2.75) is 47.1 Å². The summed E-state index contributed by atoms with van der Waals surface area (Å²) in [6.45, 7) is 9.50. The van der Waals surface area contributed by atoms with Crippen molar-refractivity contribution < 1.29 is 9.47 Å². The Morgan fingerprint density at radius 1 is 0.955 bits per heavy atom. The van der Waals surface area contributed by atoms with Gasteiger partial charge in [-0.2, -0.15) is 0 Å². The van der Waals surface area contributed by atoms with Crippen LogP contribution in [0.5, 0.6) is 11.6 Å². The molecule has 1 heterocycles. The summed E-state index contributed by atoms with van der Waals surface area (Å²) in [5.74, 6) is 1.60. The van der Waals surface area contributed by atoms with E-state index in [9.17, 15) is 0 Å². The van der Waals surface area contributed by atoms with Crippen LogP contribution in [0.2, 0.25) is 0 Å². The van der Waals surface area contributed by atoms with Crippen LogP contribution < -0.4 is 9.47 Å². The van der Waals surface area contributed by atoms with E-state index in [0.29, 0.717) is 13.2 Å². The lowest BCUT2D eigenvalue weighted by Gasteiger charge is -2.16. The number of aromatic nitrogens is 1. The minimum absolute atomic E-state index is 0.555. The fraction of sp³-hybridized carbons (Fsp3) is 0.421. The molecule has 0 spiro atoms. The zero-order valence-corrected chi connectivity index (χ0v) is 14.0. The molecule has 3 nitrogen and oxygen atoms in total. The first-order valence-corrected chi connectivity index (χ1v) is 7.90. The van der Waals surface area contributed by atoms with Gasteiger partial charge in [-0.1, -0.05) is 43.7 Å². The molecule has 0 bridgehead atoms. The maximum Gasteiger partial charge on any atom is 0.216 e. The molecule has 1 aromatic carbocycles. The summed E-state index contributed by atoms with van der Waals surface area (Å²) in [4.78, 5) is 4.57. The lowest BCUT2D eigenvalue weighted by Crippen LogP contribution is -2.06. The van der Waals surface area contributed by atoms with E-state index < -0.39 is 0 Å². The van der Waals surface area contributed by atoms with Crippen LogP contribution in [0, 0.1) is 20.8 Å². The number of pyridine rings is 1. The van der Waals surface area contributed by atoms with Gasteiger partial charge in [0.15, 0.2) is 0 Å². The largest absolute Gasteiger partial charge is 0.487 e. The number of hydrogen-bond acceptors (Lipinski definition) is 3. The zero-order chi connectivity index (χ0) is 15.9. The first-order chi connectivity index (χ1) is 10.6. The number of aryl methyl sites for hydroxylation is 1. The molecule has 22 heavy (non-hydrogen) atoms. The van der Waals surface area contributed by atoms with Crippen molar-refractivity contribution in [3.8, 4) is 11.6 Å². The first-order valence-electron chi connectivity index (χ1n) is 7.90. The molecule has 0 N–H and O–H groups in total. The molecule has 118 valence electrons. The Balaban J connectivity index is 2.13. The van der Waals surface area contributed by atoms with Gasteiger partial charge in [0, 0.05) is 11.1 Å². The molecule has 0 atom stereocenters. The summed E-state index contributed by atoms with van der Waals surface area (Å²) < 4.78 is 11.8. The van der Waals surface area contributed by atoms with Crippen molar-refractivity contribution in [2.24, 2.45) is 0 Å². The van der Waals surface area contributed by atoms with Crippen molar-refractivity contribution in [2.75, 3.05) is 6.61 Å². The van der Waals surface area contributed by atoms with Gasteiger partial charge in [0.1, 0.15) is 12.4 Å². The summed E-state index contributed by atoms with van der Waals surface area (Å²) in [6, 6.07) is 10.2. The number of ether oxygens (including phenoxy) is 2. The molecule has 0 saturated heterocycles. The van der Waals surface area contributed by atoms with Gasteiger partial charge in [0.05, 0.1) is 12.3 Å². The van der Waals surface area contributed by atoms with E-state index in [1.54, 1.807) is 0 Å². The van der Waals surface area contributed by atoms with Crippen LogP contribution in [0.25, 0.3) is 0 Å². The molecule has 0 aliphatic carbocycles. The number of benzene rings is 1. The summed E-state index contributed by atoms with van der Waals surface area (Å²) in [5, 5.41) is 0. The minimum atomic E-state index is 0.555. The number of nitrogens with zero attached hydrogens (tertiary/aromatic N) is 1. The van der Waals surface area contributed by atoms with Gasteiger partial charge in [-0.05, 0) is 32.8 Å². The third kappa shape index (κ3) is 4.00. The third-order valence-corrected chi connectivity index (χ3v) is 3.78. The van der Waals surface area contributed by atoms with Gasteiger partial charge in [-0.15, -0.1) is 0 Å². The average molecular weight is 299 g/mol. The lowest BCUT2D eigenvalue weighted by molar-refractivity contribution is 0.283. The van der Waals surface area contributed by atoms with Crippen molar-refractivity contribution >= 4 is 0 Å². The molecule has 1 aromatic heterocycles. The van der Waals surface area contributed by atoms with E-state index in [1.165, 1.54) is 0 Å². The fourth-order valence-electron chi connectivity index (χ4n) is 2.29. The average Bonchev–Trinajstić information content (AvgIpc) is 2.53. The topological polar surface area (TPSA) is 31.4 Å². The molecular weight excluding hydrogens is 274 g/mol. The Bertz CT molecular complexity index is 609. The fourth-order valence-corrected chi connectivity index (χ4v) is 2.29. The summed E-state index contributed by atoms with van der Waals surface area (Å²) >= 11 is 0. The normalized spacial score (nSPS) is 10.5. The summed E-state index contributed by atoms with van der Waals surface area (Å²) in [6.07, 6.45) is 2.17. The van der Waals surface area contributed by atoms with E-state index in [4.69, 9.17) is 9.47 Å². The van der Waals surface area contributed by atoms with Crippen LogP contribution in [0.4, 0.5) is 0 Å². The number of rotatable bonds is 7. The molecule has 0 unspecified atom stereocenters. The molecule has 0 aliphatic rings. The Hall–Kier alpha value is -2.03. The van der Waals surface area contributed by atoms with E-state index in [0.717, 1.165) is 46.9 Å². The van der Waals surface area contributed by atoms with Gasteiger partial charge in [-0.25, -0.2) is 4.98 Å². The predicted octanol–water partition coefficient (Wildman–Crippen LogP) is 4.76. The van der Waals surface area contributed by atoms with Crippen molar-refractivity contribution in [1.82, 2.24) is 4.98 Å².